The number of hydrogen-bond donors (Lipinski definition) is 1. The summed E-state index contributed by atoms with van der Waals surface area (Å²) in [7, 11) is 0. The fraction of sp³-hybridized carbons (Fsp3) is 0.0455. The maximum Gasteiger partial charge on any atom is 0.416 e. The first-order valence-corrected chi connectivity index (χ1v) is 9.34. The van der Waals surface area contributed by atoms with Crippen LogP contribution in [0, 0.1) is 5.82 Å². The van der Waals surface area contributed by atoms with Crippen LogP contribution >= 0.6 is 11.6 Å². The van der Waals surface area contributed by atoms with Crippen LogP contribution in [0.25, 0.3) is 33.6 Å². The first kappa shape index (κ1) is 20.7. The lowest BCUT2D eigenvalue weighted by Gasteiger charge is -2.14. The van der Waals surface area contributed by atoms with Gasteiger partial charge in [0.15, 0.2) is 0 Å². The highest BCUT2D eigenvalue weighted by Crippen LogP contribution is 2.39. The molecule has 0 saturated carbocycles. The van der Waals surface area contributed by atoms with Gasteiger partial charge in [-0.15, -0.1) is 10.2 Å². The highest BCUT2D eigenvalue weighted by atomic mass is 35.5. The standard InChI is InChI=1S/C22H13ClF4N4/c23-15-9-13(8-14(11-15)22(25,26)27)19-20(29-21(28)31-30-19)18-7-2-1-6-17(18)12-4-3-5-16(24)10-12/h1-11H,(H2,28,29,31). The van der Waals surface area contributed by atoms with E-state index in [1.807, 2.05) is 0 Å². The van der Waals surface area contributed by atoms with Gasteiger partial charge in [0.1, 0.15) is 17.2 Å². The molecule has 0 aliphatic carbocycles. The van der Waals surface area contributed by atoms with Crippen LogP contribution in [0.15, 0.2) is 66.7 Å². The number of anilines is 1. The third-order valence-electron chi connectivity index (χ3n) is 4.52. The van der Waals surface area contributed by atoms with Gasteiger partial charge in [0.05, 0.1) is 5.56 Å². The van der Waals surface area contributed by atoms with E-state index in [4.69, 9.17) is 17.3 Å². The quantitative estimate of drug-likeness (QED) is 0.378. The lowest BCUT2D eigenvalue weighted by Crippen LogP contribution is -2.06. The maximum atomic E-state index is 13.8. The van der Waals surface area contributed by atoms with Crippen molar-refractivity contribution in [2.24, 2.45) is 0 Å². The molecule has 0 spiro atoms. The van der Waals surface area contributed by atoms with E-state index in [0.717, 1.165) is 12.1 Å². The summed E-state index contributed by atoms with van der Waals surface area (Å²) in [5.41, 5.74) is 6.79. The molecule has 0 saturated heterocycles. The molecule has 9 heteroatoms. The number of aromatic nitrogens is 3. The Kier molecular flexibility index (Phi) is 5.32. The van der Waals surface area contributed by atoms with Gasteiger partial charge in [-0.05, 0) is 41.5 Å². The van der Waals surface area contributed by atoms with Gasteiger partial charge < -0.3 is 5.73 Å². The molecular formula is C22H13ClF4N4. The Bertz CT molecular complexity index is 1270. The van der Waals surface area contributed by atoms with Gasteiger partial charge in [-0.1, -0.05) is 48.0 Å². The predicted molar refractivity (Wildman–Crippen MR) is 111 cm³/mol. The van der Waals surface area contributed by atoms with E-state index in [1.54, 1.807) is 36.4 Å². The second-order valence-electron chi connectivity index (χ2n) is 6.65. The number of nitrogens with two attached hydrogens (primary N) is 1. The van der Waals surface area contributed by atoms with E-state index in [2.05, 4.69) is 15.2 Å². The van der Waals surface area contributed by atoms with Gasteiger partial charge in [0, 0.05) is 16.1 Å². The van der Waals surface area contributed by atoms with Crippen molar-refractivity contribution < 1.29 is 17.6 Å². The first-order valence-electron chi connectivity index (χ1n) is 8.96. The Morgan fingerprint density at radius 1 is 0.774 bits per heavy atom. The molecule has 31 heavy (non-hydrogen) atoms. The van der Waals surface area contributed by atoms with Crippen LogP contribution in [0.2, 0.25) is 5.02 Å². The average molecular weight is 445 g/mol. The highest BCUT2D eigenvalue weighted by Gasteiger charge is 2.32. The second kappa shape index (κ2) is 7.96. The van der Waals surface area contributed by atoms with E-state index in [1.165, 1.54) is 18.2 Å². The van der Waals surface area contributed by atoms with Crippen LogP contribution in [-0.2, 0) is 6.18 Å². The lowest BCUT2D eigenvalue weighted by atomic mass is 9.94. The monoisotopic (exact) mass is 444 g/mol. The van der Waals surface area contributed by atoms with Crippen LogP contribution in [-0.4, -0.2) is 15.2 Å². The summed E-state index contributed by atoms with van der Waals surface area (Å²) in [6, 6.07) is 15.9. The molecule has 4 nitrogen and oxygen atoms in total. The number of hydrogen-bond acceptors (Lipinski definition) is 4. The predicted octanol–water partition coefficient (Wildman–Crippen LogP) is 6.27. The molecule has 156 valence electrons. The average Bonchev–Trinajstić information content (AvgIpc) is 2.72. The van der Waals surface area contributed by atoms with Crippen molar-refractivity contribution in [2.75, 3.05) is 5.73 Å². The number of rotatable bonds is 3. The van der Waals surface area contributed by atoms with Gasteiger partial charge >= 0.3 is 6.18 Å². The number of halogens is 5. The highest BCUT2D eigenvalue weighted by molar-refractivity contribution is 6.31. The Balaban J connectivity index is 1.97. The van der Waals surface area contributed by atoms with Gasteiger partial charge in [-0.3, -0.25) is 0 Å². The van der Waals surface area contributed by atoms with Crippen molar-refractivity contribution in [2.45, 2.75) is 6.18 Å². The maximum absolute atomic E-state index is 13.8. The number of nitrogen functional groups attached to an aromatic ring is 1. The zero-order valence-electron chi connectivity index (χ0n) is 15.7. The lowest BCUT2D eigenvalue weighted by molar-refractivity contribution is -0.137. The van der Waals surface area contributed by atoms with Crippen LogP contribution in [0.3, 0.4) is 0 Å². The molecule has 0 amide bonds. The van der Waals surface area contributed by atoms with Crippen LogP contribution in [0.4, 0.5) is 23.5 Å². The number of benzene rings is 3. The summed E-state index contributed by atoms with van der Waals surface area (Å²) < 4.78 is 53.7. The second-order valence-corrected chi connectivity index (χ2v) is 7.09. The van der Waals surface area contributed by atoms with Crippen LogP contribution in [0.5, 0.6) is 0 Å². The molecule has 0 bridgehead atoms. The third kappa shape index (κ3) is 4.34. The molecule has 0 radical (unpaired) electrons. The Morgan fingerprint density at radius 2 is 1.52 bits per heavy atom. The molecule has 3 aromatic carbocycles. The number of alkyl halides is 3. The number of nitrogens with zero attached hydrogens (tertiary/aromatic N) is 3. The van der Waals surface area contributed by atoms with Crippen LogP contribution < -0.4 is 5.73 Å². The zero-order valence-corrected chi connectivity index (χ0v) is 16.4. The van der Waals surface area contributed by atoms with Gasteiger partial charge in [0.25, 0.3) is 0 Å². The SMILES string of the molecule is Nc1nnc(-c2cc(Cl)cc(C(F)(F)F)c2)c(-c2ccccc2-c2cccc(F)c2)n1. The minimum atomic E-state index is -4.60. The summed E-state index contributed by atoms with van der Waals surface area (Å²) in [6.45, 7) is 0. The normalized spacial score (nSPS) is 11.5. The van der Waals surface area contributed by atoms with Gasteiger partial charge in [-0.2, -0.15) is 13.2 Å². The third-order valence-corrected chi connectivity index (χ3v) is 4.74. The van der Waals surface area contributed by atoms with Crippen molar-refractivity contribution in [1.29, 1.82) is 0 Å². The zero-order chi connectivity index (χ0) is 22.2. The van der Waals surface area contributed by atoms with Crippen molar-refractivity contribution in [3.63, 3.8) is 0 Å². The topological polar surface area (TPSA) is 64.7 Å². The molecule has 4 aromatic rings. The fourth-order valence-electron chi connectivity index (χ4n) is 3.21. The van der Waals surface area contributed by atoms with E-state index < -0.39 is 17.6 Å². The molecule has 0 fully saturated rings. The summed E-state index contributed by atoms with van der Waals surface area (Å²) in [4.78, 5) is 4.24. The minimum Gasteiger partial charge on any atom is -0.366 e. The molecule has 1 aromatic heterocycles. The summed E-state index contributed by atoms with van der Waals surface area (Å²) in [5, 5.41) is 7.60. The molecule has 0 atom stereocenters. The summed E-state index contributed by atoms with van der Waals surface area (Å²) in [6.07, 6.45) is -4.60. The first-order chi connectivity index (χ1) is 14.7. The smallest absolute Gasteiger partial charge is 0.366 e. The van der Waals surface area contributed by atoms with Crippen molar-refractivity contribution in [3.8, 4) is 33.6 Å². The van der Waals surface area contributed by atoms with E-state index in [0.29, 0.717) is 16.7 Å². The molecule has 0 unspecified atom stereocenters. The van der Waals surface area contributed by atoms with E-state index in [-0.39, 0.29) is 27.9 Å². The van der Waals surface area contributed by atoms with Crippen molar-refractivity contribution >= 4 is 17.5 Å². The molecule has 0 aliphatic rings. The molecule has 1 heterocycles. The Morgan fingerprint density at radius 3 is 2.23 bits per heavy atom. The van der Waals surface area contributed by atoms with Crippen LogP contribution in [0.1, 0.15) is 5.56 Å². The van der Waals surface area contributed by atoms with Crippen molar-refractivity contribution in [3.05, 3.63) is 83.1 Å². The molecule has 2 N–H and O–H groups in total. The largest absolute Gasteiger partial charge is 0.416 e. The molecule has 0 aliphatic heterocycles. The van der Waals surface area contributed by atoms with Gasteiger partial charge in [-0.25, -0.2) is 9.37 Å². The molecular weight excluding hydrogens is 432 g/mol. The van der Waals surface area contributed by atoms with E-state index >= 15 is 0 Å². The summed E-state index contributed by atoms with van der Waals surface area (Å²) in [5.74, 6) is -0.594. The van der Waals surface area contributed by atoms with E-state index in [9.17, 15) is 17.6 Å². The minimum absolute atomic E-state index is 0.0612. The Hall–Kier alpha value is -3.52. The molecule has 4 rings (SSSR count). The fourth-order valence-corrected chi connectivity index (χ4v) is 3.44. The summed E-state index contributed by atoms with van der Waals surface area (Å²) >= 11 is 5.95. The van der Waals surface area contributed by atoms with Crippen molar-refractivity contribution in [1.82, 2.24) is 15.2 Å². The van der Waals surface area contributed by atoms with Gasteiger partial charge in [0.2, 0.25) is 5.95 Å². The Labute approximate surface area is 179 Å².